The Hall–Kier alpha value is -2.04. The second kappa shape index (κ2) is 8.19. The van der Waals surface area contributed by atoms with Crippen molar-refractivity contribution in [3.63, 3.8) is 0 Å². The van der Waals surface area contributed by atoms with E-state index in [9.17, 15) is 9.59 Å². The highest BCUT2D eigenvalue weighted by molar-refractivity contribution is 5.74. The zero-order valence-corrected chi connectivity index (χ0v) is 12.0. The number of rotatable bonds is 7. The van der Waals surface area contributed by atoms with Crippen molar-refractivity contribution >= 4 is 12.0 Å². The molecular weight excluding hydrogens is 256 g/mol. The molecule has 20 heavy (non-hydrogen) atoms. The lowest BCUT2D eigenvalue weighted by atomic mass is 10.0. The minimum Gasteiger partial charge on any atom is -0.481 e. The van der Waals surface area contributed by atoms with Crippen molar-refractivity contribution < 1.29 is 14.7 Å². The normalized spacial score (nSPS) is 11.7. The molecule has 0 aliphatic carbocycles. The summed E-state index contributed by atoms with van der Waals surface area (Å²) in [5.41, 5.74) is 1.19. The van der Waals surface area contributed by atoms with Crippen LogP contribution in [0.4, 0.5) is 4.79 Å². The fraction of sp³-hybridized carbons (Fsp3) is 0.467. The fourth-order valence-corrected chi connectivity index (χ4v) is 1.95. The van der Waals surface area contributed by atoms with Crippen LogP contribution in [0, 0.1) is 0 Å². The van der Waals surface area contributed by atoms with Gasteiger partial charge >= 0.3 is 12.0 Å². The summed E-state index contributed by atoms with van der Waals surface area (Å²) >= 11 is 0. The van der Waals surface area contributed by atoms with Crippen LogP contribution < -0.4 is 5.32 Å². The van der Waals surface area contributed by atoms with E-state index in [1.165, 1.54) is 5.56 Å². The van der Waals surface area contributed by atoms with Gasteiger partial charge in [0, 0.05) is 26.6 Å². The van der Waals surface area contributed by atoms with Crippen LogP contribution in [-0.4, -0.2) is 42.1 Å². The molecule has 110 valence electrons. The first-order valence-corrected chi connectivity index (χ1v) is 6.76. The summed E-state index contributed by atoms with van der Waals surface area (Å²) < 4.78 is 0. The summed E-state index contributed by atoms with van der Waals surface area (Å²) in [4.78, 5) is 23.8. The van der Waals surface area contributed by atoms with Crippen LogP contribution in [-0.2, 0) is 4.79 Å². The zero-order valence-electron chi connectivity index (χ0n) is 12.0. The van der Waals surface area contributed by atoms with Crippen molar-refractivity contribution in [1.29, 1.82) is 0 Å². The Morgan fingerprint density at radius 3 is 2.55 bits per heavy atom. The van der Waals surface area contributed by atoms with Crippen LogP contribution in [0.5, 0.6) is 0 Å². The maximum Gasteiger partial charge on any atom is 0.317 e. The van der Waals surface area contributed by atoms with Crippen LogP contribution in [0.2, 0.25) is 0 Å². The van der Waals surface area contributed by atoms with E-state index >= 15 is 0 Å². The van der Waals surface area contributed by atoms with Gasteiger partial charge in [0.2, 0.25) is 0 Å². The smallest absolute Gasteiger partial charge is 0.317 e. The molecule has 0 spiro atoms. The van der Waals surface area contributed by atoms with Crippen molar-refractivity contribution in [2.45, 2.75) is 25.7 Å². The highest BCUT2D eigenvalue weighted by atomic mass is 16.4. The molecule has 5 nitrogen and oxygen atoms in total. The Balaban J connectivity index is 2.32. The summed E-state index contributed by atoms with van der Waals surface area (Å²) in [5.74, 6) is -0.587. The second-order valence-corrected chi connectivity index (χ2v) is 4.92. The summed E-state index contributed by atoms with van der Waals surface area (Å²) in [7, 11) is 1.74. The zero-order chi connectivity index (χ0) is 15.0. The third-order valence-electron chi connectivity index (χ3n) is 3.11. The van der Waals surface area contributed by atoms with Gasteiger partial charge in [-0.2, -0.15) is 0 Å². The number of likely N-dealkylation sites (N-methyl/N-ethyl adjacent to an activating group) is 1. The molecule has 0 bridgehead atoms. The molecule has 1 atom stereocenters. The Bertz CT molecular complexity index is 434. The molecule has 0 heterocycles. The lowest BCUT2D eigenvalue weighted by Crippen LogP contribution is -2.39. The van der Waals surface area contributed by atoms with Crippen molar-refractivity contribution in [2.24, 2.45) is 0 Å². The quantitative estimate of drug-likeness (QED) is 0.752. The standard InChI is InChI=1S/C15H22N2O3/c1-12(13-7-4-3-5-8-13)11-17(2)15(20)16-10-6-9-14(18)19/h3-5,7-8,12H,6,9-11H2,1-2H3,(H,16,20)(H,18,19). The Kier molecular flexibility index (Phi) is 6.56. The molecule has 0 saturated heterocycles. The molecule has 0 aromatic heterocycles. The third-order valence-corrected chi connectivity index (χ3v) is 3.11. The van der Waals surface area contributed by atoms with E-state index in [1.54, 1.807) is 11.9 Å². The van der Waals surface area contributed by atoms with Gasteiger partial charge in [-0.05, 0) is 17.9 Å². The van der Waals surface area contributed by atoms with Gasteiger partial charge in [0.15, 0.2) is 0 Å². The number of hydrogen-bond acceptors (Lipinski definition) is 2. The number of hydrogen-bond donors (Lipinski definition) is 2. The van der Waals surface area contributed by atoms with Gasteiger partial charge in [-0.1, -0.05) is 37.3 Å². The number of carboxylic acid groups (broad SMARTS) is 1. The predicted molar refractivity (Wildman–Crippen MR) is 77.8 cm³/mol. The molecular formula is C15H22N2O3. The van der Waals surface area contributed by atoms with E-state index in [-0.39, 0.29) is 18.4 Å². The first-order chi connectivity index (χ1) is 9.50. The fourth-order valence-electron chi connectivity index (χ4n) is 1.95. The largest absolute Gasteiger partial charge is 0.481 e. The monoisotopic (exact) mass is 278 g/mol. The number of urea groups is 1. The van der Waals surface area contributed by atoms with Crippen molar-refractivity contribution in [3.8, 4) is 0 Å². The molecule has 0 saturated carbocycles. The van der Waals surface area contributed by atoms with E-state index < -0.39 is 5.97 Å². The second-order valence-electron chi connectivity index (χ2n) is 4.92. The minimum atomic E-state index is -0.842. The Labute approximate surface area is 119 Å². The first-order valence-electron chi connectivity index (χ1n) is 6.76. The van der Waals surface area contributed by atoms with Gasteiger partial charge in [-0.3, -0.25) is 4.79 Å². The van der Waals surface area contributed by atoms with Gasteiger partial charge in [0.1, 0.15) is 0 Å². The Morgan fingerprint density at radius 1 is 1.30 bits per heavy atom. The van der Waals surface area contributed by atoms with E-state index in [4.69, 9.17) is 5.11 Å². The summed E-state index contributed by atoms with van der Waals surface area (Å²) in [6.45, 7) is 3.08. The van der Waals surface area contributed by atoms with Crippen LogP contribution >= 0.6 is 0 Å². The van der Waals surface area contributed by atoms with Crippen LogP contribution in [0.15, 0.2) is 30.3 Å². The average molecular weight is 278 g/mol. The average Bonchev–Trinajstić information content (AvgIpc) is 2.44. The third kappa shape index (κ3) is 5.73. The number of carbonyl (C=O) groups is 2. The molecule has 1 aromatic carbocycles. The summed E-state index contributed by atoms with van der Waals surface area (Å²) in [6.07, 6.45) is 0.521. The van der Waals surface area contributed by atoms with Crippen molar-refractivity contribution in [2.75, 3.05) is 20.1 Å². The van der Waals surface area contributed by atoms with Crippen LogP contribution in [0.25, 0.3) is 0 Å². The maximum atomic E-state index is 11.8. The predicted octanol–water partition coefficient (Wildman–Crippen LogP) is 2.30. The number of nitrogens with one attached hydrogen (secondary N) is 1. The number of nitrogens with zero attached hydrogens (tertiary/aromatic N) is 1. The molecule has 0 aliphatic heterocycles. The van der Waals surface area contributed by atoms with Gasteiger partial charge in [-0.15, -0.1) is 0 Å². The molecule has 5 heteroatoms. The molecule has 1 aromatic rings. The summed E-state index contributed by atoms with van der Waals surface area (Å²) in [6, 6.07) is 9.86. The number of benzene rings is 1. The lowest BCUT2D eigenvalue weighted by Gasteiger charge is -2.22. The van der Waals surface area contributed by atoms with Gasteiger partial charge in [0.05, 0.1) is 0 Å². The van der Waals surface area contributed by atoms with Crippen molar-refractivity contribution in [1.82, 2.24) is 10.2 Å². The Morgan fingerprint density at radius 2 is 1.95 bits per heavy atom. The topological polar surface area (TPSA) is 69.6 Å². The molecule has 0 aliphatic rings. The number of amides is 2. The molecule has 1 rings (SSSR count). The van der Waals surface area contributed by atoms with Gasteiger partial charge in [0.25, 0.3) is 0 Å². The van der Waals surface area contributed by atoms with E-state index in [0.29, 0.717) is 19.5 Å². The lowest BCUT2D eigenvalue weighted by molar-refractivity contribution is -0.137. The maximum absolute atomic E-state index is 11.8. The van der Waals surface area contributed by atoms with E-state index in [2.05, 4.69) is 12.2 Å². The molecule has 0 radical (unpaired) electrons. The highest BCUT2D eigenvalue weighted by Gasteiger charge is 2.13. The summed E-state index contributed by atoms with van der Waals surface area (Å²) in [5, 5.41) is 11.2. The first kappa shape index (κ1) is 16.0. The molecule has 2 N–H and O–H groups in total. The highest BCUT2D eigenvalue weighted by Crippen LogP contribution is 2.15. The van der Waals surface area contributed by atoms with Crippen LogP contribution in [0.1, 0.15) is 31.2 Å². The van der Waals surface area contributed by atoms with Crippen molar-refractivity contribution in [3.05, 3.63) is 35.9 Å². The molecule has 1 unspecified atom stereocenters. The van der Waals surface area contributed by atoms with Gasteiger partial charge < -0.3 is 15.3 Å². The molecule has 0 fully saturated rings. The minimum absolute atomic E-state index is 0.0738. The number of carboxylic acids is 1. The molecule has 2 amide bonds. The SMILES string of the molecule is CC(CN(C)C(=O)NCCCC(=O)O)c1ccccc1. The number of carbonyl (C=O) groups excluding carboxylic acids is 1. The van der Waals surface area contributed by atoms with Gasteiger partial charge in [-0.25, -0.2) is 4.79 Å². The van der Waals surface area contributed by atoms with E-state index in [0.717, 1.165) is 0 Å². The van der Waals surface area contributed by atoms with E-state index in [1.807, 2.05) is 30.3 Å². The van der Waals surface area contributed by atoms with Crippen LogP contribution in [0.3, 0.4) is 0 Å². The number of aliphatic carboxylic acids is 1.